The number of hydrogen-bond donors (Lipinski definition) is 1. The molecule has 12 heteroatoms. The molecule has 0 heterocycles. The Morgan fingerprint density at radius 3 is 2.08 bits per heavy atom. The number of likely N-dealkylation sites (N-methyl/N-ethyl adjacent to an activating group) is 1. The molecule has 3 aromatic rings. The number of nitrogens with zero attached hydrogens (tertiary/aromatic N) is 2. The van der Waals surface area contributed by atoms with Gasteiger partial charge < -0.3 is 10.2 Å². The van der Waals surface area contributed by atoms with Gasteiger partial charge in [-0.1, -0.05) is 77.6 Å². The van der Waals surface area contributed by atoms with Gasteiger partial charge in [-0.3, -0.25) is 13.9 Å². The van der Waals surface area contributed by atoms with Crippen LogP contribution in [0.5, 0.6) is 0 Å². The van der Waals surface area contributed by atoms with Crippen molar-refractivity contribution >= 4 is 73.9 Å². The molecule has 0 saturated carbocycles. The molecule has 0 saturated heterocycles. The molecule has 0 unspecified atom stereocenters. The van der Waals surface area contributed by atoms with Crippen LogP contribution in [0.15, 0.2) is 71.6 Å². The molecule has 0 aliphatic heterocycles. The minimum Gasteiger partial charge on any atom is -0.357 e. The van der Waals surface area contributed by atoms with Crippen LogP contribution in [0.3, 0.4) is 0 Å². The summed E-state index contributed by atoms with van der Waals surface area (Å²) < 4.78 is 28.4. The van der Waals surface area contributed by atoms with E-state index in [-0.39, 0.29) is 28.6 Å². The van der Waals surface area contributed by atoms with E-state index in [1.165, 1.54) is 42.3 Å². The standard InChI is InChI=1S/C26H25Cl4N3O4S/c1-3-23(26(35)31-2)32(15-19-20(28)10-7-11-21(19)29)25(34)16-33(24-13-12-17(27)14-22(24)30)38(36,37)18-8-5-4-6-9-18/h4-14,23H,3,15-16H2,1-2H3,(H,31,35)/t23-/m1/s1. The molecule has 202 valence electrons. The van der Waals surface area contributed by atoms with Gasteiger partial charge in [0.1, 0.15) is 12.6 Å². The van der Waals surface area contributed by atoms with E-state index in [0.717, 1.165) is 4.31 Å². The minimum atomic E-state index is -4.26. The number of amides is 2. The minimum absolute atomic E-state index is 0.0313. The normalized spacial score (nSPS) is 12.1. The fourth-order valence-electron chi connectivity index (χ4n) is 3.86. The second-order valence-electron chi connectivity index (χ2n) is 8.18. The van der Waals surface area contributed by atoms with Crippen molar-refractivity contribution in [2.45, 2.75) is 30.8 Å². The van der Waals surface area contributed by atoms with Gasteiger partial charge in [-0.25, -0.2) is 8.42 Å². The number of halogens is 4. The molecule has 0 spiro atoms. The smallest absolute Gasteiger partial charge is 0.264 e. The van der Waals surface area contributed by atoms with Crippen molar-refractivity contribution in [3.8, 4) is 0 Å². The number of benzene rings is 3. The number of carbonyl (C=O) groups is 2. The Bertz CT molecular complexity index is 1400. The van der Waals surface area contributed by atoms with Gasteiger partial charge in [-0.2, -0.15) is 0 Å². The van der Waals surface area contributed by atoms with Gasteiger partial charge in [-0.05, 0) is 48.9 Å². The van der Waals surface area contributed by atoms with Crippen LogP contribution in [0, 0.1) is 0 Å². The lowest BCUT2D eigenvalue weighted by atomic mass is 10.1. The zero-order valence-corrected chi connectivity index (χ0v) is 24.3. The average molecular weight is 617 g/mol. The second kappa shape index (κ2) is 13.0. The van der Waals surface area contributed by atoms with Gasteiger partial charge in [0.25, 0.3) is 10.0 Å². The van der Waals surface area contributed by atoms with Gasteiger partial charge in [0.15, 0.2) is 0 Å². The Hall–Kier alpha value is -2.49. The van der Waals surface area contributed by atoms with Gasteiger partial charge >= 0.3 is 0 Å². The van der Waals surface area contributed by atoms with E-state index in [0.29, 0.717) is 20.6 Å². The van der Waals surface area contributed by atoms with Crippen molar-refractivity contribution in [3.63, 3.8) is 0 Å². The first-order chi connectivity index (χ1) is 18.0. The maximum Gasteiger partial charge on any atom is 0.264 e. The van der Waals surface area contributed by atoms with E-state index in [2.05, 4.69) is 5.32 Å². The van der Waals surface area contributed by atoms with Gasteiger partial charge in [0.2, 0.25) is 11.8 Å². The van der Waals surface area contributed by atoms with Crippen LogP contribution < -0.4 is 9.62 Å². The first-order valence-electron chi connectivity index (χ1n) is 11.5. The molecule has 0 aliphatic rings. The third kappa shape index (κ3) is 6.74. The zero-order chi connectivity index (χ0) is 28.0. The Morgan fingerprint density at radius 1 is 0.895 bits per heavy atom. The van der Waals surface area contributed by atoms with Crippen molar-refractivity contribution in [1.82, 2.24) is 10.2 Å². The molecular weight excluding hydrogens is 592 g/mol. The molecular formula is C26H25Cl4N3O4S. The monoisotopic (exact) mass is 615 g/mol. The zero-order valence-electron chi connectivity index (χ0n) is 20.5. The SMILES string of the molecule is CC[C@H](C(=O)NC)N(Cc1c(Cl)cccc1Cl)C(=O)CN(c1ccc(Cl)cc1Cl)S(=O)(=O)c1ccccc1. The van der Waals surface area contributed by atoms with Gasteiger partial charge in [-0.15, -0.1) is 0 Å². The Morgan fingerprint density at radius 2 is 1.53 bits per heavy atom. The summed E-state index contributed by atoms with van der Waals surface area (Å²) in [5.74, 6) is -1.09. The Kier molecular flexibility index (Phi) is 10.3. The second-order valence-corrected chi connectivity index (χ2v) is 11.7. The molecule has 2 amide bonds. The number of anilines is 1. The van der Waals surface area contributed by atoms with Crippen LogP contribution in [0.2, 0.25) is 20.1 Å². The van der Waals surface area contributed by atoms with Crippen LogP contribution in [-0.4, -0.2) is 44.8 Å². The predicted octanol–water partition coefficient (Wildman–Crippen LogP) is 6.05. The molecule has 3 rings (SSSR count). The van der Waals surface area contributed by atoms with Crippen LogP contribution in [0.1, 0.15) is 18.9 Å². The van der Waals surface area contributed by atoms with E-state index in [4.69, 9.17) is 46.4 Å². The van der Waals surface area contributed by atoms with Crippen molar-refractivity contribution in [2.24, 2.45) is 0 Å². The summed E-state index contributed by atoms with van der Waals surface area (Å²) in [6.45, 7) is 0.952. The molecule has 0 aliphatic carbocycles. The third-order valence-electron chi connectivity index (χ3n) is 5.81. The molecule has 3 aromatic carbocycles. The molecule has 0 aromatic heterocycles. The lowest BCUT2D eigenvalue weighted by molar-refractivity contribution is -0.140. The van der Waals surface area contributed by atoms with E-state index in [9.17, 15) is 18.0 Å². The summed E-state index contributed by atoms with van der Waals surface area (Å²) in [5.41, 5.74) is 0.477. The fourth-order valence-corrected chi connectivity index (χ4v) is 6.39. The topological polar surface area (TPSA) is 86.8 Å². The number of rotatable bonds is 10. The first kappa shape index (κ1) is 30.1. The molecule has 38 heavy (non-hydrogen) atoms. The van der Waals surface area contributed by atoms with E-state index in [1.807, 2.05) is 0 Å². The largest absolute Gasteiger partial charge is 0.357 e. The molecule has 1 atom stereocenters. The maximum absolute atomic E-state index is 13.9. The summed E-state index contributed by atoms with van der Waals surface area (Å²) in [5, 5.41) is 3.49. The third-order valence-corrected chi connectivity index (χ3v) is 8.83. The lowest BCUT2D eigenvalue weighted by Gasteiger charge is -2.33. The van der Waals surface area contributed by atoms with Gasteiger partial charge in [0, 0.05) is 34.2 Å². The van der Waals surface area contributed by atoms with Crippen LogP contribution in [0.4, 0.5) is 5.69 Å². The van der Waals surface area contributed by atoms with E-state index < -0.39 is 34.4 Å². The van der Waals surface area contributed by atoms with Crippen molar-refractivity contribution in [2.75, 3.05) is 17.9 Å². The molecule has 0 fully saturated rings. The summed E-state index contributed by atoms with van der Waals surface area (Å²) in [6, 6.07) is 15.9. The molecule has 0 radical (unpaired) electrons. The fraction of sp³-hybridized carbons (Fsp3) is 0.231. The van der Waals surface area contributed by atoms with Crippen molar-refractivity contribution in [3.05, 3.63) is 92.4 Å². The predicted molar refractivity (Wildman–Crippen MR) is 153 cm³/mol. The van der Waals surface area contributed by atoms with Crippen molar-refractivity contribution < 1.29 is 18.0 Å². The molecule has 0 bridgehead atoms. The Balaban J connectivity index is 2.12. The average Bonchev–Trinajstić information content (AvgIpc) is 2.89. The Labute approximate surface area is 242 Å². The highest BCUT2D eigenvalue weighted by atomic mass is 35.5. The number of carbonyl (C=O) groups excluding carboxylic acids is 2. The van der Waals surface area contributed by atoms with Crippen LogP contribution >= 0.6 is 46.4 Å². The summed E-state index contributed by atoms with van der Waals surface area (Å²) >= 11 is 25.2. The highest BCUT2D eigenvalue weighted by Gasteiger charge is 2.34. The van der Waals surface area contributed by atoms with Crippen molar-refractivity contribution in [1.29, 1.82) is 0 Å². The van der Waals surface area contributed by atoms with Crippen LogP contribution in [-0.2, 0) is 26.2 Å². The van der Waals surface area contributed by atoms with E-state index >= 15 is 0 Å². The van der Waals surface area contributed by atoms with E-state index in [1.54, 1.807) is 43.3 Å². The van der Waals surface area contributed by atoms with Crippen LogP contribution in [0.25, 0.3) is 0 Å². The highest BCUT2D eigenvalue weighted by Crippen LogP contribution is 2.33. The number of nitrogens with one attached hydrogen (secondary N) is 1. The number of sulfonamides is 1. The first-order valence-corrected chi connectivity index (χ1v) is 14.4. The summed E-state index contributed by atoms with van der Waals surface area (Å²) in [4.78, 5) is 27.9. The summed E-state index contributed by atoms with van der Waals surface area (Å²) in [6.07, 6.45) is 0.251. The highest BCUT2D eigenvalue weighted by molar-refractivity contribution is 7.92. The number of hydrogen-bond acceptors (Lipinski definition) is 4. The lowest BCUT2D eigenvalue weighted by Crippen LogP contribution is -2.51. The quantitative estimate of drug-likeness (QED) is 0.300. The molecule has 7 nitrogen and oxygen atoms in total. The molecule has 1 N–H and O–H groups in total. The summed E-state index contributed by atoms with van der Waals surface area (Å²) in [7, 11) is -2.81. The van der Waals surface area contributed by atoms with Gasteiger partial charge in [0.05, 0.1) is 15.6 Å². The maximum atomic E-state index is 13.9.